The third-order valence-electron chi connectivity index (χ3n) is 36.0. The van der Waals surface area contributed by atoms with Gasteiger partial charge >= 0.3 is 0 Å². The summed E-state index contributed by atoms with van der Waals surface area (Å²) < 4.78 is 0. The minimum absolute atomic E-state index is 0.0885. The molecule has 0 aliphatic heterocycles. The molecule has 0 aromatic heterocycles. The van der Waals surface area contributed by atoms with E-state index in [4.69, 9.17) is 0 Å². The summed E-state index contributed by atoms with van der Waals surface area (Å²) in [5.41, 5.74) is 62.6. The first-order chi connectivity index (χ1) is 70.9. The van der Waals surface area contributed by atoms with Gasteiger partial charge in [0.1, 0.15) is 0 Å². The molecule has 0 N–H and O–H groups in total. The zero-order valence-corrected chi connectivity index (χ0v) is 95.1. The Morgan fingerprint density at radius 1 is 0.215 bits per heavy atom. The minimum atomic E-state index is 0.0885. The Balaban J connectivity index is 0.000000117. The van der Waals surface area contributed by atoms with Crippen LogP contribution >= 0.6 is 0 Å². The standard InChI is InChI=1S/C44H52N2.C24H27N.2C22H24.2C17H18/c1-29-13-17-37(18-14-29)45(41-31(3)25-35(26-32(41)4)43(7,8)9)39-21-23-40(24-22-39)46(38-19-15-30(2)16-20-38)42-33(5)27-36(28-34(42)6)44(10,11)12;1-5-20(4)21-10-16-24(17-11-21)25(22-12-6-18(2)7-13-22)23-14-8-19(3)9-15-23;2*1-15-5-7-17-18-8-6-16(2)14-20(18)22-11-3-9-21(22,10-4-12-22)19(17)13-15;2*1-11-5-7-13-14-8-6-12(2)10-16(14)17(3,4)15(13)9-11/h13-28H,1-12H3;6-17,20H,5H2,1-4H3;2*5-8,13-14H,3-4,9-12H2,1-2H3;2*5-10H,1-4H3. The van der Waals surface area contributed by atoms with Crippen molar-refractivity contribution in [3.8, 4) is 44.5 Å². The predicted octanol–water partition coefficient (Wildman–Crippen LogP) is 41.2. The predicted molar refractivity (Wildman–Crippen MR) is 643 cm³/mol. The van der Waals surface area contributed by atoms with Gasteiger partial charge in [0.05, 0.1) is 11.4 Å². The maximum absolute atomic E-state index is 2.52. The van der Waals surface area contributed by atoms with Gasteiger partial charge in [-0.2, -0.15) is 0 Å². The van der Waals surface area contributed by atoms with Crippen molar-refractivity contribution >= 4 is 51.2 Å². The molecule has 8 aliphatic rings. The van der Waals surface area contributed by atoms with Gasteiger partial charge in [-0.25, -0.2) is 0 Å². The highest BCUT2D eigenvalue weighted by Gasteiger charge is 2.64. The Kier molecular flexibility index (Phi) is 28.5. The van der Waals surface area contributed by atoms with E-state index >= 15 is 0 Å². The molecule has 0 spiro atoms. The highest BCUT2D eigenvalue weighted by Crippen LogP contribution is 2.71. The van der Waals surface area contributed by atoms with Gasteiger partial charge in [-0.1, -0.05) is 406 Å². The molecule has 16 aromatic rings. The summed E-state index contributed by atoms with van der Waals surface area (Å²) in [6.07, 6.45) is 18.0. The molecule has 4 fully saturated rings. The molecule has 24 rings (SSSR count). The van der Waals surface area contributed by atoms with Crippen molar-refractivity contribution in [2.24, 2.45) is 0 Å². The average Bonchev–Trinajstić information content (AvgIpc) is 1.52. The maximum atomic E-state index is 2.52. The summed E-state index contributed by atoms with van der Waals surface area (Å²) in [6.45, 7) is 62.8. The highest BCUT2D eigenvalue weighted by atomic mass is 15.2. The van der Waals surface area contributed by atoms with Crippen LogP contribution in [0.2, 0.25) is 0 Å². The third-order valence-corrected chi connectivity index (χ3v) is 36.0. The Morgan fingerprint density at radius 2 is 0.383 bits per heavy atom. The molecule has 3 heteroatoms. The highest BCUT2D eigenvalue weighted by molar-refractivity contribution is 5.89. The number of rotatable bonds is 11. The average molecular weight is 1960 g/mol. The Morgan fingerprint density at radius 3 is 0.577 bits per heavy atom. The number of anilines is 9. The van der Waals surface area contributed by atoms with Gasteiger partial charge in [0.2, 0.25) is 0 Å². The van der Waals surface area contributed by atoms with E-state index in [0.29, 0.717) is 27.6 Å². The van der Waals surface area contributed by atoms with Gasteiger partial charge in [-0.15, -0.1) is 0 Å². The summed E-state index contributed by atoms with van der Waals surface area (Å²) in [5.74, 6) is 0.598. The zero-order chi connectivity index (χ0) is 106. The normalized spacial score (nSPS) is 18.5. The lowest BCUT2D eigenvalue weighted by molar-refractivity contribution is 0.299. The Hall–Kier alpha value is -13.1. The van der Waals surface area contributed by atoms with Gasteiger partial charge in [0.25, 0.3) is 0 Å². The van der Waals surface area contributed by atoms with E-state index in [0.717, 1.165) is 22.7 Å². The molecule has 0 heterocycles. The smallest absolute Gasteiger partial charge is 0.0520 e. The summed E-state index contributed by atoms with van der Waals surface area (Å²) in [5, 5.41) is 0. The number of hydrogen-bond donors (Lipinski definition) is 0. The summed E-state index contributed by atoms with van der Waals surface area (Å²) in [6, 6.07) is 119. The first kappa shape index (κ1) is 104. The van der Waals surface area contributed by atoms with E-state index in [1.807, 2.05) is 0 Å². The SMILES string of the molecule is CCC(C)c1ccc(N(c2ccc(C)cc2)c2ccc(C)cc2)cc1.Cc1ccc(N(c2ccc(N(c3ccc(C)cc3)c3c(C)cc(C(C)(C)C)cc3C)cc2)c2c(C)cc(C(C)(C)C)cc2C)cc1.Cc1ccc2c(c1)C(C)(C)c1cc(C)ccc1-2.Cc1ccc2c(c1)C(C)(C)c1cc(C)ccc1-2.Cc1ccc2c(c1)C13CCCC1(CCC3)c1cc(C)ccc1-2.Cc1ccc2c(c1)C13CCCC1(CCC3)c1cc(C)ccc1-2. The molecular formula is C146H163N3. The monoisotopic (exact) mass is 1960 g/mol. The van der Waals surface area contributed by atoms with E-state index in [2.05, 4.69) is 524 Å². The molecule has 762 valence electrons. The molecule has 1 atom stereocenters. The van der Waals surface area contributed by atoms with E-state index in [-0.39, 0.29) is 21.7 Å². The maximum Gasteiger partial charge on any atom is 0.0520 e. The van der Waals surface area contributed by atoms with Gasteiger partial charge in [0.15, 0.2) is 0 Å². The topological polar surface area (TPSA) is 9.72 Å². The second kappa shape index (κ2) is 40.7. The van der Waals surface area contributed by atoms with Crippen molar-refractivity contribution in [1.82, 2.24) is 0 Å². The molecule has 3 nitrogen and oxygen atoms in total. The van der Waals surface area contributed by atoms with Crippen LogP contribution in [0.3, 0.4) is 0 Å². The number of aryl methyl sites for hydroxylation is 16. The number of nitrogens with zero attached hydrogens (tertiary/aromatic N) is 3. The quantitative estimate of drug-likeness (QED) is 0.128. The fourth-order valence-electron chi connectivity index (χ4n) is 27.8. The van der Waals surface area contributed by atoms with Crippen LogP contribution in [0, 0.1) is 111 Å². The second-order valence-electron chi connectivity index (χ2n) is 49.6. The van der Waals surface area contributed by atoms with Crippen LogP contribution in [0.1, 0.15) is 323 Å². The zero-order valence-electron chi connectivity index (χ0n) is 95.1. The van der Waals surface area contributed by atoms with Gasteiger partial charge in [-0.05, 0) is 398 Å². The first-order valence-corrected chi connectivity index (χ1v) is 56.0. The fourth-order valence-corrected chi connectivity index (χ4v) is 27.8. The van der Waals surface area contributed by atoms with Crippen molar-refractivity contribution in [1.29, 1.82) is 0 Å². The van der Waals surface area contributed by atoms with Crippen LogP contribution in [-0.4, -0.2) is 0 Å². The number of benzene rings is 16. The van der Waals surface area contributed by atoms with Crippen LogP contribution in [0.5, 0.6) is 0 Å². The summed E-state index contributed by atoms with van der Waals surface area (Å²) in [7, 11) is 0. The second-order valence-corrected chi connectivity index (χ2v) is 49.6. The van der Waals surface area contributed by atoms with Crippen molar-refractivity contribution in [3.63, 3.8) is 0 Å². The van der Waals surface area contributed by atoms with Gasteiger partial charge in [0, 0.05) is 72.3 Å². The van der Waals surface area contributed by atoms with Crippen molar-refractivity contribution in [2.75, 3.05) is 14.7 Å². The molecule has 4 saturated carbocycles. The summed E-state index contributed by atoms with van der Waals surface area (Å²) in [4.78, 5) is 7.16. The van der Waals surface area contributed by atoms with E-state index in [1.54, 1.807) is 22.3 Å². The van der Waals surface area contributed by atoms with E-state index in [1.165, 1.54) is 284 Å². The van der Waals surface area contributed by atoms with Gasteiger partial charge in [-0.3, -0.25) is 0 Å². The summed E-state index contributed by atoms with van der Waals surface area (Å²) >= 11 is 0. The van der Waals surface area contributed by atoms with E-state index < -0.39 is 0 Å². The van der Waals surface area contributed by atoms with Crippen molar-refractivity contribution in [2.45, 2.75) is 327 Å². The van der Waals surface area contributed by atoms with E-state index in [9.17, 15) is 0 Å². The molecule has 149 heavy (non-hydrogen) atoms. The largest absolute Gasteiger partial charge is 0.311 e. The lowest BCUT2D eigenvalue weighted by Crippen LogP contribution is -2.43. The lowest BCUT2D eigenvalue weighted by atomic mass is 9.55. The Labute approximate surface area is 896 Å². The van der Waals surface area contributed by atoms with Crippen LogP contribution in [0.4, 0.5) is 51.2 Å². The molecule has 0 radical (unpaired) electrons. The molecule has 1 unspecified atom stereocenters. The molecule has 0 amide bonds. The van der Waals surface area contributed by atoms with Crippen LogP contribution < -0.4 is 14.7 Å². The lowest BCUT2D eigenvalue weighted by Gasteiger charge is -2.48. The van der Waals surface area contributed by atoms with Crippen LogP contribution in [-0.2, 0) is 43.3 Å². The fraction of sp³-hybridized carbons (Fsp3) is 0.342. The number of fused-ring (bicyclic) bond motifs is 12. The van der Waals surface area contributed by atoms with Crippen LogP contribution in [0.15, 0.2) is 315 Å². The Bertz CT molecular complexity index is 6950. The molecular weight excluding hydrogens is 1800 g/mol. The first-order valence-electron chi connectivity index (χ1n) is 56.0. The molecule has 8 aliphatic carbocycles. The number of hydrogen-bond acceptors (Lipinski definition) is 3. The molecule has 0 saturated heterocycles. The molecule has 0 bridgehead atoms. The van der Waals surface area contributed by atoms with Crippen molar-refractivity contribution < 1.29 is 0 Å². The minimum Gasteiger partial charge on any atom is -0.311 e. The van der Waals surface area contributed by atoms with Crippen LogP contribution in [0.25, 0.3) is 44.5 Å². The van der Waals surface area contributed by atoms with Gasteiger partial charge < -0.3 is 14.7 Å². The van der Waals surface area contributed by atoms with Crippen molar-refractivity contribution in [3.05, 3.63) is 466 Å². The molecule has 16 aromatic carbocycles. The third kappa shape index (κ3) is 19.4.